The zero-order chi connectivity index (χ0) is 39.4. The van der Waals surface area contributed by atoms with Crippen LogP contribution in [0.2, 0.25) is 0 Å². The summed E-state index contributed by atoms with van der Waals surface area (Å²) in [4.78, 5) is 43.4. The number of amides is 1. The van der Waals surface area contributed by atoms with Crippen molar-refractivity contribution in [3.8, 4) is 11.5 Å². The minimum absolute atomic E-state index is 0.246. The van der Waals surface area contributed by atoms with Crippen LogP contribution >= 0.6 is 7.82 Å². The Kier molecular flexibility index (Phi) is 12.6. The zero-order valence-electron chi connectivity index (χ0n) is 31.7. The number of anilines is 3. The van der Waals surface area contributed by atoms with Crippen molar-refractivity contribution in [1.82, 2.24) is 24.6 Å². The number of ether oxygens (including phenoxy) is 2. The number of carbonyl (C=O) groups is 1. The van der Waals surface area contributed by atoms with Crippen LogP contribution in [0.25, 0.3) is 10.9 Å². The van der Waals surface area contributed by atoms with Crippen LogP contribution in [0.4, 0.5) is 26.0 Å². The van der Waals surface area contributed by atoms with Gasteiger partial charge in [0.2, 0.25) is 5.91 Å². The SMILES string of the molecule is COc1cc2c(Nc3cnn(CC(=O)Nc4cccc(F)c4F)c3)ncnc2cc1OCCCN(C1CCC1)C(C(OP(=O)(O)O)C(C)(C)C)C(C)(C)C. The van der Waals surface area contributed by atoms with Gasteiger partial charge in [-0.2, -0.15) is 5.10 Å². The van der Waals surface area contributed by atoms with Gasteiger partial charge in [0.1, 0.15) is 18.7 Å². The highest BCUT2D eigenvalue weighted by Gasteiger charge is 2.48. The van der Waals surface area contributed by atoms with Gasteiger partial charge in [0, 0.05) is 36.3 Å². The van der Waals surface area contributed by atoms with Gasteiger partial charge >= 0.3 is 7.82 Å². The van der Waals surface area contributed by atoms with Crippen molar-refractivity contribution in [2.45, 2.75) is 92.0 Å². The topological polar surface area (TPSA) is 173 Å². The summed E-state index contributed by atoms with van der Waals surface area (Å²) in [5, 5.41) is 10.4. The molecule has 0 aliphatic heterocycles. The Morgan fingerprint density at radius 2 is 1.83 bits per heavy atom. The van der Waals surface area contributed by atoms with Crippen molar-refractivity contribution in [3.05, 3.63) is 60.7 Å². The van der Waals surface area contributed by atoms with Gasteiger partial charge in [0.25, 0.3) is 0 Å². The maximum atomic E-state index is 14.0. The summed E-state index contributed by atoms with van der Waals surface area (Å²) in [5.41, 5.74) is -0.0625. The standard InChI is InChI=1S/C37H50F2N7O7P/c1-36(2,3)33(34(37(4,5)6)53-54(48,49)50)46(24-11-8-12-24)15-10-16-52-30-18-28-25(17-29(30)51-7)35(41-22-40-28)43-23-19-42-45(20-23)21-31(47)44-27-14-9-13-26(38)32(27)39/h9,13-14,17-20,22,24,33-34H,8,10-12,15-16,21H2,1-7H3,(H,44,47)(H,40,41,43)(H2,48,49,50). The fraction of sp³-hybridized carbons (Fsp3) is 0.514. The van der Waals surface area contributed by atoms with Crippen molar-refractivity contribution in [2.75, 3.05) is 30.9 Å². The third-order valence-corrected chi connectivity index (χ3v) is 9.85. The lowest BCUT2D eigenvalue weighted by Gasteiger charge is -2.52. The maximum Gasteiger partial charge on any atom is 0.469 e. The molecule has 54 heavy (non-hydrogen) atoms. The number of rotatable bonds is 16. The molecule has 1 aliphatic rings. The molecular weight excluding hydrogens is 723 g/mol. The molecule has 2 aromatic carbocycles. The first-order valence-electron chi connectivity index (χ1n) is 17.8. The second kappa shape index (κ2) is 16.7. The average molecular weight is 774 g/mol. The van der Waals surface area contributed by atoms with Crippen LogP contribution in [0.15, 0.2) is 49.1 Å². The van der Waals surface area contributed by atoms with E-state index in [0.29, 0.717) is 53.5 Å². The average Bonchev–Trinajstić information content (AvgIpc) is 3.48. The van der Waals surface area contributed by atoms with Crippen LogP contribution in [-0.4, -0.2) is 78.8 Å². The van der Waals surface area contributed by atoms with Gasteiger partial charge in [-0.25, -0.2) is 23.3 Å². The van der Waals surface area contributed by atoms with E-state index in [1.807, 2.05) is 20.8 Å². The fourth-order valence-electron chi connectivity index (χ4n) is 6.68. The number of fused-ring (bicyclic) bond motifs is 1. The lowest BCUT2D eigenvalue weighted by Crippen LogP contribution is -2.60. The number of hydrogen-bond donors (Lipinski definition) is 4. The second-order valence-corrected chi connectivity index (χ2v) is 16.9. The molecule has 0 spiro atoms. The third kappa shape index (κ3) is 10.3. The minimum atomic E-state index is -4.76. The van der Waals surface area contributed by atoms with E-state index in [0.717, 1.165) is 25.3 Å². The monoisotopic (exact) mass is 773 g/mol. The van der Waals surface area contributed by atoms with Gasteiger partial charge < -0.3 is 29.9 Å². The number of phosphoric ester groups is 1. The van der Waals surface area contributed by atoms with Crippen LogP contribution in [-0.2, 0) is 20.4 Å². The number of nitrogens with one attached hydrogen (secondary N) is 2. The summed E-state index contributed by atoms with van der Waals surface area (Å²) >= 11 is 0. The number of benzene rings is 2. The summed E-state index contributed by atoms with van der Waals surface area (Å²) in [7, 11) is -3.23. The normalized spacial score (nSPS) is 15.2. The Hall–Kier alpha value is -4.21. The van der Waals surface area contributed by atoms with Gasteiger partial charge in [0.05, 0.1) is 42.9 Å². The van der Waals surface area contributed by atoms with E-state index in [2.05, 4.69) is 51.4 Å². The third-order valence-electron chi connectivity index (χ3n) is 9.35. The fourth-order valence-corrected chi connectivity index (χ4v) is 7.41. The molecule has 1 saturated carbocycles. The van der Waals surface area contributed by atoms with Crippen LogP contribution in [0.5, 0.6) is 11.5 Å². The van der Waals surface area contributed by atoms with E-state index in [1.54, 1.807) is 18.3 Å². The van der Waals surface area contributed by atoms with Crippen LogP contribution in [0, 0.1) is 22.5 Å². The highest BCUT2D eigenvalue weighted by molar-refractivity contribution is 7.46. The Morgan fingerprint density at radius 1 is 1.09 bits per heavy atom. The Balaban J connectivity index is 1.27. The highest BCUT2D eigenvalue weighted by Crippen LogP contribution is 2.48. The highest BCUT2D eigenvalue weighted by atomic mass is 31.2. The number of carbonyl (C=O) groups excluding carboxylic acids is 1. The number of methoxy groups -OCH3 is 1. The van der Waals surface area contributed by atoms with E-state index in [-0.39, 0.29) is 29.7 Å². The molecule has 17 heteroatoms. The Morgan fingerprint density at radius 3 is 2.46 bits per heavy atom. The number of phosphoric acid groups is 1. The zero-order valence-corrected chi connectivity index (χ0v) is 32.6. The Labute approximate surface area is 313 Å². The quantitative estimate of drug-likeness (QED) is 0.0676. The van der Waals surface area contributed by atoms with Gasteiger partial charge in [-0.3, -0.25) is 18.9 Å². The van der Waals surface area contributed by atoms with E-state index >= 15 is 0 Å². The molecule has 0 bridgehead atoms. The molecule has 5 rings (SSSR count). The van der Waals surface area contributed by atoms with E-state index in [9.17, 15) is 27.9 Å². The van der Waals surface area contributed by atoms with E-state index < -0.39 is 36.9 Å². The predicted molar refractivity (Wildman–Crippen MR) is 201 cm³/mol. The minimum Gasteiger partial charge on any atom is -0.493 e. The molecule has 1 fully saturated rings. The van der Waals surface area contributed by atoms with Crippen molar-refractivity contribution in [2.24, 2.45) is 10.8 Å². The molecule has 2 aromatic heterocycles. The van der Waals surface area contributed by atoms with Crippen molar-refractivity contribution < 1.29 is 41.9 Å². The van der Waals surface area contributed by atoms with E-state index in [4.69, 9.17) is 14.0 Å². The number of aromatic nitrogens is 4. The molecule has 4 aromatic rings. The summed E-state index contributed by atoms with van der Waals surface area (Å²) in [5.74, 6) is -1.40. The summed E-state index contributed by atoms with van der Waals surface area (Å²) in [6.45, 7) is 12.8. The van der Waals surface area contributed by atoms with Gasteiger partial charge in [0.15, 0.2) is 23.1 Å². The largest absolute Gasteiger partial charge is 0.493 e. The molecule has 0 radical (unpaired) electrons. The molecule has 2 unspecified atom stereocenters. The molecule has 294 valence electrons. The molecular formula is C37H50F2N7O7P. The van der Waals surface area contributed by atoms with Gasteiger partial charge in [-0.05, 0) is 48.3 Å². The Bertz CT molecular complexity index is 1970. The summed E-state index contributed by atoms with van der Waals surface area (Å²) in [6.07, 6.45) is 7.48. The summed E-state index contributed by atoms with van der Waals surface area (Å²) in [6, 6.07) is 7.06. The van der Waals surface area contributed by atoms with Crippen LogP contribution in [0.3, 0.4) is 0 Å². The first kappa shape index (κ1) is 41.0. The van der Waals surface area contributed by atoms with Gasteiger partial charge in [-0.1, -0.05) is 54.0 Å². The van der Waals surface area contributed by atoms with Crippen molar-refractivity contribution >= 4 is 41.8 Å². The second-order valence-electron chi connectivity index (χ2n) is 15.7. The molecule has 1 amide bonds. The molecule has 14 nitrogen and oxygen atoms in total. The van der Waals surface area contributed by atoms with Crippen molar-refractivity contribution in [1.29, 1.82) is 0 Å². The van der Waals surface area contributed by atoms with E-state index in [1.165, 1.54) is 36.4 Å². The molecule has 2 heterocycles. The molecule has 1 aliphatic carbocycles. The number of halogens is 2. The first-order chi connectivity index (χ1) is 25.3. The maximum absolute atomic E-state index is 14.0. The van der Waals surface area contributed by atoms with Crippen molar-refractivity contribution in [3.63, 3.8) is 0 Å². The summed E-state index contributed by atoms with van der Waals surface area (Å²) < 4.78 is 58.5. The molecule has 2 atom stereocenters. The number of nitrogens with zero attached hydrogens (tertiary/aromatic N) is 5. The smallest absolute Gasteiger partial charge is 0.469 e. The van der Waals surface area contributed by atoms with Crippen LogP contribution < -0.4 is 20.1 Å². The predicted octanol–water partition coefficient (Wildman–Crippen LogP) is 7.06. The number of hydrogen-bond acceptors (Lipinski definition) is 10. The van der Waals surface area contributed by atoms with Crippen LogP contribution in [0.1, 0.15) is 67.2 Å². The first-order valence-corrected chi connectivity index (χ1v) is 19.4. The van der Waals surface area contributed by atoms with Gasteiger partial charge in [-0.15, -0.1) is 0 Å². The molecule has 4 N–H and O–H groups in total. The lowest BCUT2D eigenvalue weighted by molar-refractivity contribution is -0.116. The lowest BCUT2D eigenvalue weighted by atomic mass is 9.72. The molecule has 0 saturated heterocycles.